The molecule has 8 heteroatoms. The summed E-state index contributed by atoms with van der Waals surface area (Å²) in [5, 5.41) is 10.1. The Morgan fingerprint density at radius 1 is 1.21 bits per heavy atom. The number of hydrogen-bond acceptors (Lipinski definition) is 8. The number of nitrogens with zero attached hydrogens (tertiary/aromatic N) is 1. The van der Waals surface area contributed by atoms with Gasteiger partial charge >= 0.3 is 11.9 Å². The van der Waals surface area contributed by atoms with E-state index in [0.717, 1.165) is 37.2 Å². The highest BCUT2D eigenvalue weighted by Crippen LogP contribution is 2.47. The number of benzene rings is 2. The normalized spacial score (nSPS) is 14.9. The minimum atomic E-state index is -0.596. The van der Waals surface area contributed by atoms with Gasteiger partial charge in [0.25, 0.3) is 0 Å². The van der Waals surface area contributed by atoms with Gasteiger partial charge in [0.1, 0.15) is 23.7 Å². The van der Waals surface area contributed by atoms with E-state index in [1.165, 1.54) is 33.5 Å². The highest BCUT2D eigenvalue weighted by molar-refractivity contribution is 5.97. The molecule has 0 N–H and O–H groups in total. The molecule has 0 bridgehead atoms. The van der Waals surface area contributed by atoms with Crippen LogP contribution < -0.4 is 14.2 Å². The van der Waals surface area contributed by atoms with Crippen molar-refractivity contribution in [1.29, 1.82) is 5.26 Å². The number of aryl methyl sites for hydroxylation is 1. The van der Waals surface area contributed by atoms with Crippen LogP contribution in [0.1, 0.15) is 97.5 Å². The van der Waals surface area contributed by atoms with E-state index in [2.05, 4.69) is 19.9 Å². The standard InChI is InChI=1S/C34H41NO7/c1-20(2)13-14-24-15-16-28-29(30(24)39-6)34(37)40-19-26-22(4)25(17-35)27(18-38-5)32(31(26)41-28)42-33(36)21(3)9-7-10-23-11-8-12-23/h9,15-16,20,23H,7-8,10-14,18-19H2,1-6H3/b21-9-. The van der Waals surface area contributed by atoms with Gasteiger partial charge in [-0.15, -0.1) is 0 Å². The molecule has 0 amide bonds. The lowest BCUT2D eigenvalue weighted by Crippen LogP contribution is -2.18. The third kappa shape index (κ3) is 6.63. The number of fused-ring (bicyclic) bond motifs is 2. The van der Waals surface area contributed by atoms with Crippen molar-refractivity contribution in [2.24, 2.45) is 11.8 Å². The molecule has 0 spiro atoms. The highest BCUT2D eigenvalue weighted by Gasteiger charge is 2.33. The van der Waals surface area contributed by atoms with Crippen molar-refractivity contribution in [1.82, 2.24) is 0 Å². The van der Waals surface area contributed by atoms with Crippen LogP contribution in [0.15, 0.2) is 23.8 Å². The van der Waals surface area contributed by atoms with E-state index in [-0.39, 0.29) is 41.6 Å². The fraction of sp³-hybridized carbons (Fsp3) is 0.500. The van der Waals surface area contributed by atoms with E-state index < -0.39 is 11.9 Å². The molecule has 2 aromatic carbocycles. The maximum absolute atomic E-state index is 13.3. The largest absolute Gasteiger partial charge is 0.495 e. The molecule has 0 aromatic heterocycles. The number of rotatable bonds is 11. The first kappa shape index (κ1) is 31.1. The Hall–Kier alpha value is -3.83. The molecule has 224 valence electrons. The van der Waals surface area contributed by atoms with Crippen molar-refractivity contribution in [2.75, 3.05) is 14.2 Å². The van der Waals surface area contributed by atoms with Gasteiger partial charge < -0.3 is 23.7 Å². The number of carbonyl (C=O) groups excluding carboxylic acids is 2. The maximum atomic E-state index is 13.3. The molecule has 1 saturated carbocycles. The quantitative estimate of drug-likeness (QED) is 0.154. The summed E-state index contributed by atoms with van der Waals surface area (Å²) in [6.45, 7) is 7.58. The van der Waals surface area contributed by atoms with Crippen LogP contribution >= 0.6 is 0 Å². The Kier molecular flexibility index (Phi) is 10.3. The minimum absolute atomic E-state index is 0.0114. The number of nitriles is 1. The van der Waals surface area contributed by atoms with E-state index in [4.69, 9.17) is 23.7 Å². The summed E-state index contributed by atoms with van der Waals surface area (Å²) < 4.78 is 29.3. The van der Waals surface area contributed by atoms with Gasteiger partial charge in [-0.2, -0.15) is 5.26 Å². The maximum Gasteiger partial charge on any atom is 0.346 e. The van der Waals surface area contributed by atoms with Crippen LogP contribution in [0.2, 0.25) is 0 Å². The highest BCUT2D eigenvalue weighted by atomic mass is 16.6. The van der Waals surface area contributed by atoms with E-state index in [0.29, 0.717) is 33.9 Å². The predicted molar refractivity (Wildman–Crippen MR) is 158 cm³/mol. The molecule has 2 aromatic rings. The predicted octanol–water partition coefficient (Wildman–Crippen LogP) is 7.51. The summed E-state index contributed by atoms with van der Waals surface area (Å²) in [7, 11) is 3.02. The van der Waals surface area contributed by atoms with Crippen LogP contribution in [0.5, 0.6) is 23.0 Å². The van der Waals surface area contributed by atoms with Gasteiger partial charge in [0.05, 0.1) is 25.3 Å². The summed E-state index contributed by atoms with van der Waals surface area (Å²) in [6.07, 6.45) is 9.15. The van der Waals surface area contributed by atoms with Gasteiger partial charge in [-0.1, -0.05) is 45.3 Å². The molecule has 1 fully saturated rings. The van der Waals surface area contributed by atoms with Crippen molar-refractivity contribution in [3.05, 3.63) is 57.2 Å². The second kappa shape index (κ2) is 13.9. The molecule has 2 aliphatic rings. The number of cyclic esters (lactones) is 1. The fourth-order valence-electron chi connectivity index (χ4n) is 5.41. The second-order valence-electron chi connectivity index (χ2n) is 11.6. The SMILES string of the molecule is COCc1c(C#N)c(C)c2c(c1OC(=O)/C(C)=C\CCC1CCC1)Oc1ccc(CCC(C)C)c(OC)c1C(=O)OC2. The lowest BCUT2D eigenvalue weighted by molar-refractivity contribution is -0.130. The first-order valence-corrected chi connectivity index (χ1v) is 14.7. The van der Waals surface area contributed by atoms with Crippen molar-refractivity contribution >= 4 is 11.9 Å². The number of methoxy groups -OCH3 is 2. The molecular formula is C34H41NO7. The Balaban J connectivity index is 1.80. The van der Waals surface area contributed by atoms with Gasteiger partial charge in [0.15, 0.2) is 11.5 Å². The first-order chi connectivity index (χ1) is 20.2. The first-order valence-electron chi connectivity index (χ1n) is 14.7. The molecule has 4 rings (SSSR count). The minimum Gasteiger partial charge on any atom is -0.495 e. The lowest BCUT2D eigenvalue weighted by Gasteiger charge is -2.26. The lowest BCUT2D eigenvalue weighted by atomic mass is 9.82. The van der Waals surface area contributed by atoms with E-state index in [1.807, 2.05) is 12.1 Å². The fourth-order valence-corrected chi connectivity index (χ4v) is 5.41. The Bertz CT molecular complexity index is 1410. The van der Waals surface area contributed by atoms with Gasteiger partial charge in [-0.25, -0.2) is 9.59 Å². The monoisotopic (exact) mass is 575 g/mol. The Morgan fingerprint density at radius 2 is 1.98 bits per heavy atom. The van der Waals surface area contributed by atoms with Gasteiger partial charge in [0.2, 0.25) is 0 Å². The summed E-state index contributed by atoms with van der Waals surface area (Å²) in [6, 6.07) is 5.80. The van der Waals surface area contributed by atoms with Crippen LogP contribution in [0.4, 0.5) is 0 Å². The number of carbonyl (C=O) groups is 2. The van der Waals surface area contributed by atoms with Crippen molar-refractivity contribution in [3.63, 3.8) is 0 Å². The third-order valence-corrected chi connectivity index (χ3v) is 8.21. The van der Waals surface area contributed by atoms with Crippen LogP contribution in [-0.4, -0.2) is 26.2 Å². The molecule has 8 nitrogen and oxygen atoms in total. The molecule has 0 unspecified atom stereocenters. The average molecular weight is 576 g/mol. The van der Waals surface area contributed by atoms with Crippen LogP contribution in [0.3, 0.4) is 0 Å². The molecule has 0 radical (unpaired) electrons. The Morgan fingerprint density at radius 3 is 2.60 bits per heavy atom. The average Bonchev–Trinajstić information content (AvgIpc) is 2.93. The van der Waals surface area contributed by atoms with Gasteiger partial charge in [0, 0.05) is 23.8 Å². The van der Waals surface area contributed by atoms with Gasteiger partial charge in [-0.05, 0) is 68.6 Å². The van der Waals surface area contributed by atoms with Crippen LogP contribution in [-0.2, 0) is 33.9 Å². The summed E-state index contributed by atoms with van der Waals surface area (Å²) >= 11 is 0. The van der Waals surface area contributed by atoms with E-state index >= 15 is 0 Å². The molecular weight excluding hydrogens is 534 g/mol. The zero-order valence-electron chi connectivity index (χ0n) is 25.6. The second-order valence-corrected chi connectivity index (χ2v) is 11.6. The zero-order valence-corrected chi connectivity index (χ0v) is 25.6. The number of esters is 2. The van der Waals surface area contributed by atoms with Crippen LogP contribution in [0.25, 0.3) is 0 Å². The molecule has 0 atom stereocenters. The smallest absolute Gasteiger partial charge is 0.346 e. The van der Waals surface area contributed by atoms with E-state index in [9.17, 15) is 14.9 Å². The third-order valence-electron chi connectivity index (χ3n) is 8.21. The van der Waals surface area contributed by atoms with Crippen molar-refractivity contribution in [3.8, 4) is 29.1 Å². The number of ether oxygens (including phenoxy) is 5. The van der Waals surface area contributed by atoms with Gasteiger partial charge in [-0.3, -0.25) is 0 Å². The topological polar surface area (TPSA) is 104 Å². The summed E-state index contributed by atoms with van der Waals surface area (Å²) in [4.78, 5) is 26.7. The molecule has 42 heavy (non-hydrogen) atoms. The van der Waals surface area contributed by atoms with Crippen LogP contribution in [0, 0.1) is 30.1 Å². The summed E-state index contributed by atoms with van der Waals surface area (Å²) in [5.74, 6) is 0.958. The van der Waals surface area contributed by atoms with E-state index in [1.54, 1.807) is 19.9 Å². The summed E-state index contributed by atoms with van der Waals surface area (Å²) in [5.41, 5.74) is 3.19. The van der Waals surface area contributed by atoms with Crippen molar-refractivity contribution < 1.29 is 33.3 Å². The molecule has 0 saturated heterocycles. The molecule has 1 aliphatic carbocycles. The Labute approximate surface area is 248 Å². The number of hydrogen-bond donors (Lipinski definition) is 0. The zero-order chi connectivity index (χ0) is 30.4. The van der Waals surface area contributed by atoms with Crippen molar-refractivity contribution in [2.45, 2.75) is 85.9 Å². The number of allylic oxidation sites excluding steroid dienone is 1. The molecule has 1 heterocycles. The molecule has 1 aliphatic heterocycles.